The molecule has 10 heteroatoms. The summed E-state index contributed by atoms with van der Waals surface area (Å²) in [6.07, 6.45) is 0.704. The van der Waals surface area contributed by atoms with Crippen LogP contribution in [0.3, 0.4) is 0 Å². The van der Waals surface area contributed by atoms with E-state index in [-0.39, 0.29) is 24.0 Å². The van der Waals surface area contributed by atoms with Gasteiger partial charge in [-0.2, -0.15) is 9.41 Å². The minimum atomic E-state index is -3.52. The molecule has 0 saturated carbocycles. The van der Waals surface area contributed by atoms with E-state index in [1.54, 1.807) is 37.3 Å². The van der Waals surface area contributed by atoms with Crippen LogP contribution in [-0.2, 0) is 26.0 Å². The fraction of sp³-hybridized carbons (Fsp3) is 0.364. The Kier molecular flexibility index (Phi) is 6.73. The van der Waals surface area contributed by atoms with E-state index in [1.165, 1.54) is 4.31 Å². The first-order valence-corrected chi connectivity index (χ1v) is 11.8. The fourth-order valence-corrected chi connectivity index (χ4v) is 4.82. The number of rotatable bonds is 7. The van der Waals surface area contributed by atoms with Crippen molar-refractivity contribution in [3.63, 3.8) is 0 Å². The smallest absolute Gasteiger partial charge is 0.243 e. The van der Waals surface area contributed by atoms with Gasteiger partial charge in [0.05, 0.1) is 23.8 Å². The van der Waals surface area contributed by atoms with Gasteiger partial charge in [0.1, 0.15) is 0 Å². The van der Waals surface area contributed by atoms with Crippen molar-refractivity contribution in [2.24, 2.45) is 5.10 Å². The van der Waals surface area contributed by atoms with Crippen LogP contribution >= 0.6 is 0 Å². The molecule has 0 spiro atoms. The maximum atomic E-state index is 12.7. The first-order valence-electron chi connectivity index (χ1n) is 10.3. The van der Waals surface area contributed by atoms with Crippen molar-refractivity contribution in [1.29, 1.82) is 0 Å². The average Bonchev–Trinajstić information content (AvgIpc) is 3.30. The predicted molar refractivity (Wildman–Crippen MR) is 117 cm³/mol. The first kappa shape index (κ1) is 22.3. The zero-order chi connectivity index (χ0) is 22.6. The third kappa shape index (κ3) is 5.09. The van der Waals surface area contributed by atoms with Gasteiger partial charge in [-0.1, -0.05) is 12.1 Å². The number of hydrazone groups is 1. The van der Waals surface area contributed by atoms with Gasteiger partial charge >= 0.3 is 0 Å². The zero-order valence-electron chi connectivity index (χ0n) is 17.7. The van der Waals surface area contributed by atoms with E-state index in [4.69, 9.17) is 14.2 Å². The summed E-state index contributed by atoms with van der Waals surface area (Å²) < 4.78 is 42.6. The van der Waals surface area contributed by atoms with Crippen molar-refractivity contribution >= 4 is 21.6 Å². The van der Waals surface area contributed by atoms with Gasteiger partial charge in [0.25, 0.3) is 0 Å². The molecule has 1 saturated heterocycles. The highest BCUT2D eigenvalue weighted by atomic mass is 32.2. The van der Waals surface area contributed by atoms with Crippen LogP contribution < -0.4 is 14.9 Å². The van der Waals surface area contributed by atoms with Crippen LogP contribution in [0.2, 0.25) is 0 Å². The summed E-state index contributed by atoms with van der Waals surface area (Å²) in [4.78, 5) is 12.4. The molecule has 170 valence electrons. The van der Waals surface area contributed by atoms with Gasteiger partial charge in [0.15, 0.2) is 11.5 Å². The molecule has 0 unspecified atom stereocenters. The molecule has 2 aromatic carbocycles. The Morgan fingerprint density at radius 3 is 2.53 bits per heavy atom. The Morgan fingerprint density at radius 1 is 1.06 bits per heavy atom. The Morgan fingerprint density at radius 2 is 1.78 bits per heavy atom. The van der Waals surface area contributed by atoms with E-state index in [0.717, 1.165) is 11.1 Å². The van der Waals surface area contributed by atoms with E-state index in [0.29, 0.717) is 49.9 Å². The van der Waals surface area contributed by atoms with Gasteiger partial charge in [0, 0.05) is 25.1 Å². The summed E-state index contributed by atoms with van der Waals surface area (Å²) in [5, 5.41) is 4.16. The number of carbonyl (C=O) groups excluding carboxylic acids is 1. The maximum absolute atomic E-state index is 12.7. The topological polar surface area (TPSA) is 107 Å². The summed E-state index contributed by atoms with van der Waals surface area (Å²) in [5.74, 6) is 1.12. The van der Waals surface area contributed by atoms with Crippen molar-refractivity contribution in [3.8, 4) is 11.5 Å². The molecule has 0 aliphatic carbocycles. The molecule has 0 aromatic heterocycles. The Balaban J connectivity index is 1.29. The van der Waals surface area contributed by atoms with Crippen molar-refractivity contribution in [1.82, 2.24) is 9.73 Å². The molecule has 9 nitrogen and oxygen atoms in total. The van der Waals surface area contributed by atoms with Gasteiger partial charge in [-0.05, 0) is 49.2 Å². The summed E-state index contributed by atoms with van der Waals surface area (Å²) in [5.41, 5.74) is 4.91. The van der Waals surface area contributed by atoms with Crippen LogP contribution in [0.4, 0.5) is 0 Å². The van der Waals surface area contributed by atoms with E-state index in [2.05, 4.69) is 10.5 Å². The molecule has 0 bridgehead atoms. The second-order valence-corrected chi connectivity index (χ2v) is 9.40. The number of fused-ring (bicyclic) bond motifs is 1. The third-order valence-electron chi connectivity index (χ3n) is 5.31. The molecule has 1 N–H and O–H groups in total. The lowest BCUT2D eigenvalue weighted by Crippen LogP contribution is -2.40. The number of nitrogens with zero attached hydrogens (tertiary/aromatic N) is 2. The van der Waals surface area contributed by atoms with Crippen molar-refractivity contribution in [3.05, 3.63) is 53.6 Å². The fourth-order valence-electron chi connectivity index (χ4n) is 3.41. The Labute approximate surface area is 187 Å². The summed E-state index contributed by atoms with van der Waals surface area (Å²) in [7, 11) is -3.52. The molecular weight excluding hydrogens is 434 g/mol. The minimum Gasteiger partial charge on any atom is -0.454 e. The summed E-state index contributed by atoms with van der Waals surface area (Å²) in [6.45, 7) is 3.52. The van der Waals surface area contributed by atoms with E-state index in [9.17, 15) is 13.2 Å². The highest BCUT2D eigenvalue weighted by Crippen LogP contribution is 2.32. The lowest BCUT2D eigenvalue weighted by atomic mass is 10.1. The van der Waals surface area contributed by atoms with E-state index in [1.807, 2.05) is 12.1 Å². The van der Waals surface area contributed by atoms with E-state index < -0.39 is 10.0 Å². The molecule has 1 amide bonds. The number of amides is 1. The van der Waals surface area contributed by atoms with Crippen LogP contribution in [0.15, 0.2) is 52.5 Å². The largest absolute Gasteiger partial charge is 0.454 e. The van der Waals surface area contributed by atoms with Crippen molar-refractivity contribution in [2.45, 2.75) is 24.7 Å². The summed E-state index contributed by atoms with van der Waals surface area (Å²) >= 11 is 0. The van der Waals surface area contributed by atoms with Gasteiger partial charge in [0.2, 0.25) is 22.7 Å². The molecule has 2 aliphatic rings. The number of nitrogens with one attached hydrogen (secondary N) is 1. The van der Waals surface area contributed by atoms with Crippen LogP contribution in [0.25, 0.3) is 0 Å². The second kappa shape index (κ2) is 9.68. The van der Waals surface area contributed by atoms with Crippen molar-refractivity contribution in [2.75, 3.05) is 33.1 Å². The molecule has 32 heavy (non-hydrogen) atoms. The van der Waals surface area contributed by atoms with Crippen LogP contribution in [0.5, 0.6) is 11.5 Å². The Bertz CT molecular complexity index is 1110. The number of benzene rings is 2. The molecule has 1 fully saturated rings. The monoisotopic (exact) mass is 459 g/mol. The number of carbonyl (C=O) groups is 1. The molecule has 0 atom stereocenters. The number of ether oxygens (including phenoxy) is 3. The van der Waals surface area contributed by atoms with E-state index >= 15 is 0 Å². The van der Waals surface area contributed by atoms with Gasteiger partial charge in [-0.3, -0.25) is 4.79 Å². The number of hydrogen-bond donors (Lipinski definition) is 1. The first-order chi connectivity index (χ1) is 15.4. The highest BCUT2D eigenvalue weighted by Gasteiger charge is 2.26. The lowest BCUT2D eigenvalue weighted by molar-refractivity contribution is -0.121. The van der Waals surface area contributed by atoms with Crippen LogP contribution in [-0.4, -0.2) is 57.4 Å². The molecular formula is C22H25N3O6S. The highest BCUT2D eigenvalue weighted by molar-refractivity contribution is 7.89. The predicted octanol–water partition coefficient (Wildman–Crippen LogP) is 1.91. The molecule has 0 radical (unpaired) electrons. The SMILES string of the molecule is CC(=NNC(=O)CCc1ccc(S(=O)(=O)N2CCOCC2)cc1)c1ccc2c(c1)OCO2. The normalized spacial score (nSPS) is 16.7. The molecule has 2 aromatic rings. The number of hydrogen-bond acceptors (Lipinski definition) is 7. The zero-order valence-corrected chi connectivity index (χ0v) is 18.6. The van der Waals surface area contributed by atoms with Crippen molar-refractivity contribution < 1.29 is 27.4 Å². The minimum absolute atomic E-state index is 0.200. The van der Waals surface area contributed by atoms with Gasteiger partial charge in [-0.25, -0.2) is 13.8 Å². The summed E-state index contributed by atoms with van der Waals surface area (Å²) in [6, 6.07) is 12.1. The second-order valence-electron chi connectivity index (χ2n) is 7.46. The lowest BCUT2D eigenvalue weighted by Gasteiger charge is -2.26. The molecule has 2 aliphatic heterocycles. The maximum Gasteiger partial charge on any atom is 0.243 e. The average molecular weight is 460 g/mol. The van der Waals surface area contributed by atoms with Crippen LogP contribution in [0, 0.1) is 0 Å². The molecule has 4 rings (SSSR count). The quantitative estimate of drug-likeness (QED) is 0.501. The Hall–Kier alpha value is -2.95. The third-order valence-corrected chi connectivity index (χ3v) is 7.22. The van der Waals surface area contributed by atoms with Gasteiger partial charge in [-0.15, -0.1) is 0 Å². The molecule has 2 heterocycles. The number of aryl methyl sites for hydroxylation is 1. The number of morpholine rings is 1. The van der Waals surface area contributed by atoms with Crippen LogP contribution in [0.1, 0.15) is 24.5 Å². The standard InChI is InChI=1S/C22H25N3O6S/c1-16(18-5-8-20-21(14-18)31-15-30-20)23-24-22(26)9-4-17-2-6-19(7-3-17)32(27,28)25-10-12-29-13-11-25/h2-3,5-8,14H,4,9-13,15H2,1H3,(H,24,26). The van der Waals surface area contributed by atoms with Gasteiger partial charge < -0.3 is 14.2 Å². The number of sulfonamides is 1.